The van der Waals surface area contributed by atoms with Gasteiger partial charge in [-0.05, 0) is 34.5 Å². The molecule has 1 N–H and O–H groups in total. The van der Waals surface area contributed by atoms with Gasteiger partial charge in [0.2, 0.25) is 0 Å². The van der Waals surface area contributed by atoms with E-state index >= 15 is 0 Å². The molecule has 0 bridgehead atoms. The van der Waals surface area contributed by atoms with Crippen LogP contribution >= 0.6 is 0 Å². The molecule has 0 radical (unpaired) electrons. The highest BCUT2D eigenvalue weighted by atomic mass is 19.1. The molecule has 3 nitrogen and oxygen atoms in total. The van der Waals surface area contributed by atoms with Crippen molar-refractivity contribution in [2.24, 2.45) is 0 Å². The fourth-order valence-corrected chi connectivity index (χ4v) is 2.45. The Bertz CT molecular complexity index is 845. The third kappa shape index (κ3) is 3.48. The Hall–Kier alpha value is -2.88. The van der Waals surface area contributed by atoms with Crippen LogP contribution in [0.4, 0.5) is 4.39 Å². The van der Waals surface area contributed by atoms with Crippen molar-refractivity contribution < 1.29 is 19.0 Å². The number of benzene rings is 3. The van der Waals surface area contributed by atoms with Gasteiger partial charge in [0.15, 0.2) is 6.10 Å². The van der Waals surface area contributed by atoms with Crippen LogP contribution < -0.4 is 4.74 Å². The van der Waals surface area contributed by atoms with Crippen molar-refractivity contribution in [2.75, 3.05) is 0 Å². The lowest BCUT2D eigenvalue weighted by atomic mass is 10.1. The van der Waals surface area contributed by atoms with Gasteiger partial charge in [-0.2, -0.15) is 0 Å². The lowest BCUT2D eigenvalue weighted by Crippen LogP contribution is -2.29. The Kier molecular flexibility index (Phi) is 4.24. The molecule has 0 aliphatic heterocycles. The summed E-state index contributed by atoms with van der Waals surface area (Å²) in [6.07, 6.45) is -1.18. The van der Waals surface area contributed by atoms with Crippen LogP contribution in [-0.2, 0) is 11.2 Å². The van der Waals surface area contributed by atoms with Gasteiger partial charge in [0.1, 0.15) is 11.6 Å². The number of ether oxygens (including phenoxy) is 1. The fraction of sp³-hybridized carbons (Fsp3) is 0.105. The SMILES string of the molecule is O=C(O)[C@@H](Cc1ccccc1F)Oc1ccc2ccccc2c1. The van der Waals surface area contributed by atoms with Gasteiger partial charge in [0, 0.05) is 6.42 Å². The summed E-state index contributed by atoms with van der Waals surface area (Å²) in [6.45, 7) is 0. The predicted molar refractivity (Wildman–Crippen MR) is 86.1 cm³/mol. The minimum absolute atomic E-state index is 0.0329. The minimum Gasteiger partial charge on any atom is -0.478 e. The maximum absolute atomic E-state index is 13.7. The number of halogens is 1. The maximum atomic E-state index is 13.7. The summed E-state index contributed by atoms with van der Waals surface area (Å²) in [4.78, 5) is 11.4. The van der Waals surface area contributed by atoms with Crippen LogP contribution in [0.15, 0.2) is 66.7 Å². The van der Waals surface area contributed by atoms with Crippen molar-refractivity contribution in [3.63, 3.8) is 0 Å². The first-order valence-electron chi connectivity index (χ1n) is 7.25. The average Bonchev–Trinajstić information content (AvgIpc) is 2.56. The molecule has 0 aliphatic carbocycles. The highest BCUT2D eigenvalue weighted by Crippen LogP contribution is 2.22. The van der Waals surface area contributed by atoms with E-state index in [4.69, 9.17) is 4.74 Å². The first kappa shape index (κ1) is 15.0. The fourth-order valence-electron chi connectivity index (χ4n) is 2.45. The maximum Gasteiger partial charge on any atom is 0.345 e. The highest BCUT2D eigenvalue weighted by molar-refractivity contribution is 5.84. The highest BCUT2D eigenvalue weighted by Gasteiger charge is 2.21. The molecule has 3 rings (SSSR count). The molecule has 0 amide bonds. The van der Waals surface area contributed by atoms with Crippen LogP contribution in [0, 0.1) is 5.82 Å². The normalized spacial score (nSPS) is 12.0. The number of rotatable bonds is 5. The topological polar surface area (TPSA) is 46.5 Å². The van der Waals surface area contributed by atoms with Crippen molar-refractivity contribution in [2.45, 2.75) is 12.5 Å². The van der Waals surface area contributed by atoms with E-state index in [9.17, 15) is 14.3 Å². The van der Waals surface area contributed by atoms with Gasteiger partial charge in [-0.3, -0.25) is 0 Å². The molecule has 0 fully saturated rings. The zero-order chi connectivity index (χ0) is 16.2. The Morgan fingerprint density at radius 2 is 1.70 bits per heavy atom. The first-order valence-corrected chi connectivity index (χ1v) is 7.25. The minimum atomic E-state index is -1.15. The second-order valence-electron chi connectivity index (χ2n) is 5.25. The van der Waals surface area contributed by atoms with Crippen molar-refractivity contribution in [3.05, 3.63) is 78.1 Å². The molecule has 3 aromatic carbocycles. The Balaban J connectivity index is 1.84. The second kappa shape index (κ2) is 6.48. The van der Waals surface area contributed by atoms with E-state index < -0.39 is 17.9 Å². The standard InChI is InChI=1S/C19H15FO3/c20-17-8-4-3-7-15(17)12-18(19(21)22)23-16-10-9-13-5-1-2-6-14(13)11-16/h1-11,18H,12H2,(H,21,22)/t18-/m1/s1. The third-order valence-electron chi connectivity index (χ3n) is 3.64. The van der Waals surface area contributed by atoms with Crippen LogP contribution in [0.5, 0.6) is 5.75 Å². The third-order valence-corrected chi connectivity index (χ3v) is 3.64. The largest absolute Gasteiger partial charge is 0.478 e. The summed E-state index contributed by atoms with van der Waals surface area (Å²) in [7, 11) is 0. The smallest absolute Gasteiger partial charge is 0.345 e. The quantitative estimate of drug-likeness (QED) is 0.773. The lowest BCUT2D eigenvalue weighted by Gasteiger charge is -2.16. The Morgan fingerprint density at radius 1 is 1.00 bits per heavy atom. The summed E-state index contributed by atoms with van der Waals surface area (Å²) in [6, 6.07) is 19.2. The molecule has 0 unspecified atom stereocenters. The second-order valence-corrected chi connectivity index (χ2v) is 5.25. The Morgan fingerprint density at radius 3 is 2.43 bits per heavy atom. The first-order chi connectivity index (χ1) is 11.1. The molecular formula is C19H15FO3. The molecular weight excluding hydrogens is 295 g/mol. The van der Waals surface area contributed by atoms with Gasteiger partial charge >= 0.3 is 5.97 Å². The number of carboxylic acids is 1. The van der Waals surface area contributed by atoms with E-state index in [-0.39, 0.29) is 6.42 Å². The molecule has 0 aliphatic rings. The molecule has 0 aromatic heterocycles. The van der Waals surface area contributed by atoms with Crippen molar-refractivity contribution >= 4 is 16.7 Å². The number of carboxylic acid groups (broad SMARTS) is 1. The van der Waals surface area contributed by atoms with Crippen molar-refractivity contribution in [1.82, 2.24) is 0 Å². The van der Waals surface area contributed by atoms with E-state index in [2.05, 4.69) is 0 Å². The van der Waals surface area contributed by atoms with E-state index in [1.165, 1.54) is 6.07 Å². The van der Waals surface area contributed by atoms with E-state index in [0.717, 1.165) is 10.8 Å². The summed E-state index contributed by atoms with van der Waals surface area (Å²) < 4.78 is 19.3. The number of hydrogen-bond acceptors (Lipinski definition) is 2. The van der Waals surface area contributed by atoms with Gasteiger partial charge in [0.05, 0.1) is 0 Å². The van der Waals surface area contributed by atoms with E-state index in [1.54, 1.807) is 30.3 Å². The molecule has 0 saturated carbocycles. The lowest BCUT2D eigenvalue weighted by molar-refractivity contribution is -0.145. The number of carbonyl (C=O) groups is 1. The molecule has 0 spiro atoms. The Labute approximate surface area is 132 Å². The number of fused-ring (bicyclic) bond motifs is 1. The van der Waals surface area contributed by atoms with Crippen LogP contribution in [-0.4, -0.2) is 17.2 Å². The van der Waals surface area contributed by atoms with Crippen LogP contribution in [0.2, 0.25) is 0 Å². The molecule has 3 aromatic rings. The van der Waals surface area contributed by atoms with Gasteiger partial charge in [0.25, 0.3) is 0 Å². The molecule has 116 valence electrons. The molecule has 23 heavy (non-hydrogen) atoms. The van der Waals surface area contributed by atoms with Crippen molar-refractivity contribution in [3.8, 4) is 5.75 Å². The number of aliphatic carboxylic acids is 1. The van der Waals surface area contributed by atoms with Gasteiger partial charge in [-0.1, -0.05) is 48.5 Å². The van der Waals surface area contributed by atoms with Gasteiger partial charge < -0.3 is 9.84 Å². The monoisotopic (exact) mass is 310 g/mol. The summed E-state index contributed by atoms with van der Waals surface area (Å²) in [5.74, 6) is -1.10. The zero-order valence-corrected chi connectivity index (χ0v) is 12.3. The zero-order valence-electron chi connectivity index (χ0n) is 12.3. The van der Waals surface area contributed by atoms with Crippen LogP contribution in [0.1, 0.15) is 5.56 Å². The van der Waals surface area contributed by atoms with Gasteiger partial charge in [-0.25, -0.2) is 9.18 Å². The van der Waals surface area contributed by atoms with Crippen LogP contribution in [0.3, 0.4) is 0 Å². The van der Waals surface area contributed by atoms with E-state index in [0.29, 0.717) is 11.3 Å². The molecule has 4 heteroatoms. The van der Waals surface area contributed by atoms with Crippen LogP contribution in [0.25, 0.3) is 10.8 Å². The molecule has 0 saturated heterocycles. The molecule has 0 heterocycles. The molecule has 1 atom stereocenters. The average molecular weight is 310 g/mol. The summed E-state index contributed by atoms with van der Waals surface area (Å²) >= 11 is 0. The van der Waals surface area contributed by atoms with Crippen molar-refractivity contribution in [1.29, 1.82) is 0 Å². The number of hydrogen-bond donors (Lipinski definition) is 1. The van der Waals surface area contributed by atoms with Gasteiger partial charge in [-0.15, -0.1) is 0 Å². The summed E-state index contributed by atoms with van der Waals surface area (Å²) in [5, 5.41) is 11.4. The predicted octanol–water partition coefficient (Wildman–Crippen LogP) is 4.05. The summed E-state index contributed by atoms with van der Waals surface area (Å²) in [5.41, 5.74) is 0.320. The van der Waals surface area contributed by atoms with E-state index in [1.807, 2.05) is 30.3 Å².